The second-order valence-electron chi connectivity index (χ2n) is 8.36. The number of benzene rings is 1. The van der Waals surface area contributed by atoms with E-state index in [1.165, 1.54) is 0 Å². The van der Waals surface area contributed by atoms with Crippen molar-refractivity contribution in [2.24, 2.45) is 17.8 Å². The average molecular weight is 412 g/mol. The predicted octanol–water partition coefficient (Wildman–Crippen LogP) is 3.25. The molecule has 1 amide bonds. The van der Waals surface area contributed by atoms with Crippen LogP contribution in [0.2, 0.25) is 0 Å². The molecule has 0 saturated carbocycles. The Morgan fingerprint density at radius 2 is 1.93 bits per heavy atom. The number of amides is 1. The molecule has 1 aliphatic heterocycles. The van der Waals surface area contributed by atoms with Gasteiger partial charge in [0.05, 0.1) is 25.3 Å². The molecular formula is C24H33N3O3. The topological polar surface area (TPSA) is 63.7 Å². The molecule has 6 nitrogen and oxygen atoms in total. The highest BCUT2D eigenvalue weighted by Crippen LogP contribution is 2.24. The first-order chi connectivity index (χ1) is 14.6. The summed E-state index contributed by atoms with van der Waals surface area (Å²) in [5, 5.41) is 3.05. The van der Waals surface area contributed by atoms with Crippen LogP contribution < -0.4 is 14.8 Å². The quantitative estimate of drug-likeness (QED) is 0.608. The zero-order chi connectivity index (χ0) is 21.2. The molecule has 1 aliphatic rings. The van der Waals surface area contributed by atoms with Gasteiger partial charge in [0.1, 0.15) is 18.1 Å². The molecule has 2 heterocycles. The van der Waals surface area contributed by atoms with Crippen molar-refractivity contribution in [1.29, 1.82) is 0 Å². The van der Waals surface area contributed by atoms with Crippen molar-refractivity contribution >= 4 is 5.91 Å². The van der Waals surface area contributed by atoms with E-state index < -0.39 is 0 Å². The Hall–Kier alpha value is -2.60. The smallest absolute Gasteiger partial charge is 0.224 e. The lowest BCUT2D eigenvalue weighted by Gasteiger charge is -2.37. The van der Waals surface area contributed by atoms with Crippen molar-refractivity contribution < 1.29 is 14.3 Å². The molecule has 6 heteroatoms. The Morgan fingerprint density at radius 1 is 1.13 bits per heavy atom. The van der Waals surface area contributed by atoms with Gasteiger partial charge >= 0.3 is 0 Å². The number of piperidine rings is 1. The van der Waals surface area contributed by atoms with Crippen LogP contribution in [0.4, 0.5) is 0 Å². The number of carbonyl (C=O) groups is 1. The van der Waals surface area contributed by atoms with E-state index in [1.54, 1.807) is 12.4 Å². The Labute approximate surface area is 179 Å². The van der Waals surface area contributed by atoms with Crippen molar-refractivity contribution in [3.63, 3.8) is 0 Å². The molecule has 0 unspecified atom stereocenters. The summed E-state index contributed by atoms with van der Waals surface area (Å²) >= 11 is 0. The van der Waals surface area contributed by atoms with Crippen molar-refractivity contribution in [3.05, 3.63) is 54.9 Å². The number of likely N-dealkylation sites (tertiary alicyclic amines) is 1. The van der Waals surface area contributed by atoms with Gasteiger partial charge in [0.2, 0.25) is 5.91 Å². The molecule has 0 aliphatic carbocycles. The van der Waals surface area contributed by atoms with E-state index in [-0.39, 0.29) is 11.8 Å². The fraction of sp³-hybridized carbons (Fsp3) is 0.500. The molecule has 1 fully saturated rings. The van der Waals surface area contributed by atoms with Crippen LogP contribution in [0.15, 0.2) is 54.9 Å². The van der Waals surface area contributed by atoms with Gasteiger partial charge in [0, 0.05) is 31.7 Å². The number of hydrogen-bond donors (Lipinski definition) is 1. The van der Waals surface area contributed by atoms with Crippen molar-refractivity contribution in [1.82, 2.24) is 15.2 Å². The fourth-order valence-corrected chi connectivity index (χ4v) is 3.93. The molecule has 1 saturated heterocycles. The molecule has 2 aromatic rings. The summed E-state index contributed by atoms with van der Waals surface area (Å²) in [4.78, 5) is 19.3. The molecule has 1 aromatic heterocycles. The van der Waals surface area contributed by atoms with Gasteiger partial charge in [-0.25, -0.2) is 0 Å². The molecule has 0 bridgehead atoms. The first-order valence-corrected chi connectivity index (χ1v) is 10.8. The number of nitrogens with zero attached hydrogens (tertiary/aromatic N) is 2. The normalized spacial score (nSPS) is 19.4. The van der Waals surface area contributed by atoms with Crippen molar-refractivity contribution in [2.45, 2.75) is 20.3 Å². The Morgan fingerprint density at radius 3 is 2.67 bits per heavy atom. The van der Waals surface area contributed by atoms with Crippen LogP contribution in [0.5, 0.6) is 11.5 Å². The molecule has 3 rings (SSSR count). The number of pyridine rings is 1. The van der Waals surface area contributed by atoms with Gasteiger partial charge in [-0.3, -0.25) is 9.78 Å². The number of para-hydroxylation sites is 1. The van der Waals surface area contributed by atoms with E-state index in [2.05, 4.69) is 29.0 Å². The summed E-state index contributed by atoms with van der Waals surface area (Å²) < 4.78 is 11.6. The molecule has 30 heavy (non-hydrogen) atoms. The molecule has 0 radical (unpaired) electrons. The minimum Gasteiger partial charge on any atom is -0.492 e. The van der Waals surface area contributed by atoms with E-state index in [9.17, 15) is 4.79 Å². The lowest BCUT2D eigenvalue weighted by atomic mass is 9.88. The summed E-state index contributed by atoms with van der Waals surface area (Å²) in [6.07, 6.45) is 4.30. The number of carbonyl (C=O) groups excluding carboxylic acids is 1. The van der Waals surface area contributed by atoms with E-state index in [0.29, 0.717) is 31.6 Å². The zero-order valence-electron chi connectivity index (χ0n) is 18.0. The first kappa shape index (κ1) is 22.1. The summed E-state index contributed by atoms with van der Waals surface area (Å²) in [6.45, 7) is 8.74. The number of ether oxygens (including phenoxy) is 2. The largest absolute Gasteiger partial charge is 0.492 e. The maximum Gasteiger partial charge on any atom is 0.224 e. The second-order valence-corrected chi connectivity index (χ2v) is 8.36. The zero-order valence-corrected chi connectivity index (χ0v) is 18.0. The van der Waals surface area contributed by atoms with E-state index in [4.69, 9.17) is 9.47 Å². The van der Waals surface area contributed by atoms with Crippen LogP contribution in [0.25, 0.3) is 0 Å². The van der Waals surface area contributed by atoms with Gasteiger partial charge in [-0.2, -0.15) is 0 Å². The third kappa shape index (κ3) is 7.34. The van der Waals surface area contributed by atoms with Gasteiger partial charge in [0.25, 0.3) is 0 Å². The van der Waals surface area contributed by atoms with Crippen LogP contribution in [-0.2, 0) is 4.79 Å². The maximum absolute atomic E-state index is 12.8. The lowest BCUT2D eigenvalue weighted by molar-refractivity contribution is -0.127. The van der Waals surface area contributed by atoms with E-state index >= 15 is 0 Å². The van der Waals surface area contributed by atoms with Crippen molar-refractivity contribution in [3.8, 4) is 11.5 Å². The van der Waals surface area contributed by atoms with Crippen molar-refractivity contribution in [2.75, 3.05) is 39.4 Å². The van der Waals surface area contributed by atoms with E-state index in [1.807, 2.05) is 42.5 Å². The van der Waals surface area contributed by atoms with Gasteiger partial charge < -0.3 is 19.7 Å². The minimum atomic E-state index is -0.0308. The predicted molar refractivity (Wildman–Crippen MR) is 118 cm³/mol. The van der Waals surface area contributed by atoms with Crippen LogP contribution in [-0.4, -0.2) is 55.2 Å². The molecule has 0 spiro atoms. The van der Waals surface area contributed by atoms with Crippen LogP contribution in [0.1, 0.15) is 20.3 Å². The summed E-state index contributed by atoms with van der Waals surface area (Å²) in [5.41, 5.74) is 0. The highest BCUT2D eigenvalue weighted by molar-refractivity contribution is 5.79. The Bertz CT molecular complexity index is 755. The number of nitrogens with one attached hydrogen (secondary N) is 1. The lowest BCUT2D eigenvalue weighted by Crippen LogP contribution is -2.49. The Kier molecular flexibility index (Phi) is 8.51. The molecule has 1 N–H and O–H groups in total. The standard InChI is InChI=1S/C24H33N3O3/c1-19(2)15-27-16-20(18-30-23-9-6-10-25-14-23)13-21(17-27)24(28)26-11-12-29-22-7-4-3-5-8-22/h3-10,14,19-21H,11-13,15-18H2,1-2H3,(H,26,28)/t20-,21+/m0/s1. The SMILES string of the molecule is CC(C)CN1C[C@@H](COc2cccnc2)C[C@@H](C(=O)NCCOc2ccccc2)C1. The summed E-state index contributed by atoms with van der Waals surface area (Å²) in [6, 6.07) is 13.4. The molecule has 1 aromatic carbocycles. The number of hydrogen-bond acceptors (Lipinski definition) is 5. The molecular weight excluding hydrogens is 378 g/mol. The summed E-state index contributed by atoms with van der Waals surface area (Å²) in [5.74, 6) is 2.54. The minimum absolute atomic E-state index is 0.0308. The van der Waals surface area contributed by atoms with Crippen LogP contribution in [0.3, 0.4) is 0 Å². The van der Waals surface area contributed by atoms with Gasteiger partial charge in [-0.15, -0.1) is 0 Å². The monoisotopic (exact) mass is 411 g/mol. The third-order valence-electron chi connectivity index (χ3n) is 5.14. The highest BCUT2D eigenvalue weighted by atomic mass is 16.5. The van der Waals surface area contributed by atoms with Gasteiger partial charge in [-0.05, 0) is 36.6 Å². The highest BCUT2D eigenvalue weighted by Gasteiger charge is 2.32. The first-order valence-electron chi connectivity index (χ1n) is 10.8. The fourth-order valence-electron chi connectivity index (χ4n) is 3.93. The average Bonchev–Trinajstić information content (AvgIpc) is 2.76. The second kappa shape index (κ2) is 11.6. The van der Waals surface area contributed by atoms with Gasteiger partial charge in [0.15, 0.2) is 0 Å². The Balaban J connectivity index is 1.48. The van der Waals surface area contributed by atoms with E-state index in [0.717, 1.165) is 37.6 Å². The molecule has 2 atom stereocenters. The molecule has 162 valence electrons. The summed E-state index contributed by atoms with van der Waals surface area (Å²) in [7, 11) is 0. The number of aromatic nitrogens is 1. The van der Waals surface area contributed by atoms with Crippen LogP contribution in [0, 0.1) is 17.8 Å². The third-order valence-corrected chi connectivity index (χ3v) is 5.14. The van der Waals surface area contributed by atoms with Crippen LogP contribution >= 0.6 is 0 Å². The van der Waals surface area contributed by atoms with Gasteiger partial charge in [-0.1, -0.05) is 32.0 Å². The maximum atomic E-state index is 12.8. The number of rotatable bonds is 10.